The largest absolute Gasteiger partial charge is 0.378 e. The molecule has 1 unspecified atom stereocenters. The number of ether oxygens (including phenoxy) is 1. The van der Waals surface area contributed by atoms with Crippen LogP contribution < -0.4 is 11.1 Å². The summed E-state index contributed by atoms with van der Waals surface area (Å²) in [6.45, 7) is 5.35. The number of amides is 1. The molecule has 0 heterocycles. The smallest absolute Gasteiger partial charge is 0.237 e. The SMILES string of the molecule is CCNC(C)(CCCOC1CCCCC1)C(N)=O. The predicted octanol–water partition coefficient (Wildman–Crippen LogP) is 1.97. The van der Waals surface area contributed by atoms with Gasteiger partial charge in [-0.15, -0.1) is 0 Å². The molecule has 1 aliphatic carbocycles. The maximum Gasteiger partial charge on any atom is 0.237 e. The Hall–Kier alpha value is -0.610. The van der Waals surface area contributed by atoms with Crippen molar-refractivity contribution >= 4 is 5.91 Å². The molecular weight excluding hydrogens is 228 g/mol. The summed E-state index contributed by atoms with van der Waals surface area (Å²) in [4.78, 5) is 11.4. The fraction of sp³-hybridized carbons (Fsp3) is 0.929. The predicted molar refractivity (Wildman–Crippen MR) is 73.3 cm³/mol. The summed E-state index contributed by atoms with van der Waals surface area (Å²) in [6, 6.07) is 0. The summed E-state index contributed by atoms with van der Waals surface area (Å²) in [7, 11) is 0. The van der Waals surface area contributed by atoms with Gasteiger partial charge in [0.25, 0.3) is 0 Å². The lowest BCUT2D eigenvalue weighted by molar-refractivity contribution is -0.124. The van der Waals surface area contributed by atoms with Gasteiger partial charge in [0.05, 0.1) is 11.6 Å². The molecule has 4 heteroatoms. The van der Waals surface area contributed by atoms with Gasteiger partial charge in [-0.1, -0.05) is 26.2 Å². The zero-order chi connectivity index (χ0) is 13.4. The highest BCUT2D eigenvalue weighted by molar-refractivity contribution is 5.84. The van der Waals surface area contributed by atoms with Gasteiger partial charge in [-0.2, -0.15) is 0 Å². The Morgan fingerprint density at radius 3 is 2.61 bits per heavy atom. The van der Waals surface area contributed by atoms with Crippen LogP contribution in [0.15, 0.2) is 0 Å². The Labute approximate surface area is 111 Å². The number of hydrogen-bond acceptors (Lipinski definition) is 3. The number of primary amides is 1. The first-order valence-electron chi connectivity index (χ1n) is 7.25. The van der Waals surface area contributed by atoms with Crippen LogP contribution in [0.4, 0.5) is 0 Å². The number of nitrogens with one attached hydrogen (secondary N) is 1. The molecule has 4 nitrogen and oxygen atoms in total. The van der Waals surface area contributed by atoms with Crippen molar-refractivity contribution in [1.82, 2.24) is 5.32 Å². The summed E-state index contributed by atoms with van der Waals surface area (Å²) in [5.41, 5.74) is 4.85. The molecule has 1 atom stereocenters. The molecule has 0 spiro atoms. The fourth-order valence-corrected chi connectivity index (χ4v) is 2.60. The first-order chi connectivity index (χ1) is 8.58. The van der Waals surface area contributed by atoms with E-state index in [0.29, 0.717) is 6.10 Å². The quantitative estimate of drug-likeness (QED) is 0.653. The second kappa shape index (κ2) is 7.74. The number of nitrogens with two attached hydrogens (primary N) is 1. The molecule has 0 aliphatic heterocycles. The van der Waals surface area contributed by atoms with Gasteiger partial charge < -0.3 is 15.8 Å². The zero-order valence-corrected chi connectivity index (χ0v) is 11.8. The zero-order valence-electron chi connectivity index (χ0n) is 11.8. The molecule has 3 N–H and O–H groups in total. The third-order valence-electron chi connectivity index (χ3n) is 3.84. The van der Waals surface area contributed by atoms with E-state index < -0.39 is 5.54 Å². The monoisotopic (exact) mass is 256 g/mol. The number of carbonyl (C=O) groups excluding carboxylic acids is 1. The van der Waals surface area contributed by atoms with Crippen LogP contribution in [0.2, 0.25) is 0 Å². The van der Waals surface area contributed by atoms with Gasteiger partial charge in [0.2, 0.25) is 5.91 Å². The van der Waals surface area contributed by atoms with Crippen LogP contribution in [0.25, 0.3) is 0 Å². The second-order valence-electron chi connectivity index (χ2n) is 5.46. The Morgan fingerprint density at radius 1 is 1.39 bits per heavy atom. The number of carbonyl (C=O) groups is 1. The molecule has 0 aromatic heterocycles. The number of hydrogen-bond donors (Lipinski definition) is 2. The van der Waals surface area contributed by atoms with E-state index in [1.165, 1.54) is 32.1 Å². The molecular formula is C14H28N2O2. The van der Waals surface area contributed by atoms with Gasteiger partial charge >= 0.3 is 0 Å². The van der Waals surface area contributed by atoms with Gasteiger partial charge in [-0.3, -0.25) is 4.79 Å². The van der Waals surface area contributed by atoms with Crippen LogP contribution in [-0.2, 0) is 9.53 Å². The van der Waals surface area contributed by atoms with E-state index in [1.807, 2.05) is 13.8 Å². The van der Waals surface area contributed by atoms with E-state index in [0.717, 1.165) is 26.0 Å². The molecule has 1 fully saturated rings. The third-order valence-corrected chi connectivity index (χ3v) is 3.84. The van der Waals surface area contributed by atoms with Crippen LogP contribution >= 0.6 is 0 Å². The van der Waals surface area contributed by atoms with Crippen LogP contribution in [0.1, 0.15) is 58.8 Å². The lowest BCUT2D eigenvalue weighted by Crippen LogP contribution is -2.53. The lowest BCUT2D eigenvalue weighted by atomic mass is 9.95. The highest BCUT2D eigenvalue weighted by atomic mass is 16.5. The van der Waals surface area contributed by atoms with Crippen LogP contribution in [0, 0.1) is 0 Å². The van der Waals surface area contributed by atoms with Crippen molar-refractivity contribution in [3.63, 3.8) is 0 Å². The molecule has 18 heavy (non-hydrogen) atoms. The minimum atomic E-state index is -0.593. The summed E-state index contributed by atoms with van der Waals surface area (Å²) >= 11 is 0. The fourth-order valence-electron chi connectivity index (χ4n) is 2.60. The highest BCUT2D eigenvalue weighted by Gasteiger charge is 2.29. The van der Waals surface area contributed by atoms with Crippen molar-refractivity contribution in [2.24, 2.45) is 5.73 Å². The Morgan fingerprint density at radius 2 is 2.06 bits per heavy atom. The topological polar surface area (TPSA) is 64.3 Å². The van der Waals surface area contributed by atoms with Gasteiger partial charge in [-0.25, -0.2) is 0 Å². The minimum absolute atomic E-state index is 0.276. The average Bonchev–Trinajstić information content (AvgIpc) is 2.36. The summed E-state index contributed by atoms with van der Waals surface area (Å²) in [5.74, 6) is -0.276. The lowest BCUT2D eigenvalue weighted by Gasteiger charge is -2.27. The second-order valence-corrected chi connectivity index (χ2v) is 5.46. The van der Waals surface area contributed by atoms with Crippen molar-refractivity contribution in [3.05, 3.63) is 0 Å². The Balaban J connectivity index is 2.20. The van der Waals surface area contributed by atoms with E-state index in [9.17, 15) is 4.79 Å². The molecule has 1 aliphatic rings. The van der Waals surface area contributed by atoms with Crippen LogP contribution in [0.3, 0.4) is 0 Å². The highest BCUT2D eigenvalue weighted by Crippen LogP contribution is 2.21. The normalized spacial score (nSPS) is 20.6. The maximum absolute atomic E-state index is 11.4. The van der Waals surface area contributed by atoms with Crippen LogP contribution in [0.5, 0.6) is 0 Å². The van der Waals surface area contributed by atoms with Gasteiger partial charge in [0.1, 0.15) is 0 Å². The maximum atomic E-state index is 11.4. The molecule has 0 aromatic carbocycles. The summed E-state index contributed by atoms with van der Waals surface area (Å²) < 4.78 is 5.86. The van der Waals surface area contributed by atoms with Crippen molar-refractivity contribution < 1.29 is 9.53 Å². The van der Waals surface area contributed by atoms with Crippen molar-refractivity contribution in [3.8, 4) is 0 Å². The number of rotatable bonds is 8. The minimum Gasteiger partial charge on any atom is -0.378 e. The van der Waals surface area contributed by atoms with Crippen molar-refractivity contribution in [2.75, 3.05) is 13.2 Å². The summed E-state index contributed by atoms with van der Waals surface area (Å²) in [5, 5.41) is 3.17. The Bertz CT molecular complexity index is 252. The van der Waals surface area contributed by atoms with E-state index in [1.54, 1.807) is 0 Å². The van der Waals surface area contributed by atoms with Crippen molar-refractivity contribution in [2.45, 2.75) is 70.4 Å². The first kappa shape index (κ1) is 15.4. The van der Waals surface area contributed by atoms with Gasteiger partial charge in [0.15, 0.2) is 0 Å². The molecule has 1 saturated carbocycles. The Kier molecular flexibility index (Phi) is 6.65. The molecule has 1 amide bonds. The standard InChI is InChI=1S/C14H28N2O2/c1-3-16-14(2,13(15)17)10-7-11-18-12-8-5-4-6-9-12/h12,16H,3-11H2,1-2H3,(H2,15,17). The molecule has 0 saturated heterocycles. The van der Waals surface area contributed by atoms with Crippen LogP contribution in [-0.4, -0.2) is 30.7 Å². The van der Waals surface area contributed by atoms with E-state index in [-0.39, 0.29) is 5.91 Å². The average molecular weight is 256 g/mol. The van der Waals surface area contributed by atoms with Gasteiger partial charge in [0, 0.05) is 6.61 Å². The van der Waals surface area contributed by atoms with Crippen molar-refractivity contribution in [1.29, 1.82) is 0 Å². The summed E-state index contributed by atoms with van der Waals surface area (Å²) in [6.07, 6.45) is 8.38. The molecule has 0 aromatic rings. The molecule has 106 valence electrons. The van der Waals surface area contributed by atoms with E-state index in [2.05, 4.69) is 5.32 Å². The van der Waals surface area contributed by atoms with Gasteiger partial charge in [-0.05, 0) is 39.2 Å². The van der Waals surface area contributed by atoms with E-state index >= 15 is 0 Å². The first-order valence-corrected chi connectivity index (χ1v) is 7.25. The molecule has 0 radical (unpaired) electrons. The molecule has 1 rings (SSSR count). The molecule has 0 bridgehead atoms. The van der Waals surface area contributed by atoms with E-state index in [4.69, 9.17) is 10.5 Å². The number of likely N-dealkylation sites (N-methyl/N-ethyl adjacent to an activating group) is 1. The third kappa shape index (κ3) is 4.94.